The third kappa shape index (κ3) is 4.10. The van der Waals surface area contributed by atoms with Crippen molar-refractivity contribution in [2.75, 3.05) is 5.32 Å². The Morgan fingerprint density at radius 1 is 1.36 bits per heavy atom. The summed E-state index contributed by atoms with van der Waals surface area (Å²) >= 11 is 0. The van der Waals surface area contributed by atoms with Crippen LogP contribution in [0.1, 0.15) is 12.5 Å². The fraction of sp³-hybridized carbons (Fsp3) is 0.167. The fourth-order valence-corrected chi connectivity index (χ4v) is 1.43. The van der Waals surface area contributed by atoms with Crippen molar-refractivity contribution < 1.29 is 4.79 Å². The normalized spacial score (nSPS) is 12.0. The molecule has 10 heteroatoms. The van der Waals surface area contributed by atoms with Crippen molar-refractivity contribution in [3.63, 3.8) is 0 Å². The number of hydrazone groups is 1. The highest BCUT2D eigenvalue weighted by Gasteiger charge is 2.14. The van der Waals surface area contributed by atoms with Crippen LogP contribution in [0.15, 0.2) is 39.2 Å². The van der Waals surface area contributed by atoms with E-state index in [0.717, 1.165) is 5.56 Å². The van der Waals surface area contributed by atoms with Gasteiger partial charge in [-0.15, -0.1) is 5.10 Å². The van der Waals surface area contributed by atoms with Gasteiger partial charge in [0.2, 0.25) is 5.82 Å². The number of pyridine rings is 1. The van der Waals surface area contributed by atoms with Gasteiger partial charge < -0.3 is 5.32 Å². The largest absolute Gasteiger partial charge is 0.353 e. The third-order valence-corrected chi connectivity index (χ3v) is 2.55. The monoisotopic (exact) mass is 303 g/mol. The zero-order chi connectivity index (χ0) is 15.9. The number of nitrogens with one attached hydrogen (secondary N) is 4. The Bertz CT molecular complexity index is 781. The highest BCUT2D eigenvalue weighted by Crippen LogP contribution is 1.94. The number of anilines is 1. The molecule has 22 heavy (non-hydrogen) atoms. The van der Waals surface area contributed by atoms with E-state index in [-0.39, 0.29) is 5.82 Å². The second kappa shape index (κ2) is 6.92. The Morgan fingerprint density at radius 3 is 2.77 bits per heavy atom. The minimum absolute atomic E-state index is 0.166. The molecular formula is C12H13N7O3. The van der Waals surface area contributed by atoms with Gasteiger partial charge in [0.15, 0.2) is 0 Å². The van der Waals surface area contributed by atoms with E-state index in [0.29, 0.717) is 0 Å². The topological polar surface area (TPSA) is 145 Å². The lowest BCUT2D eigenvalue weighted by atomic mass is 10.3. The van der Waals surface area contributed by atoms with Crippen molar-refractivity contribution >= 4 is 17.9 Å². The van der Waals surface area contributed by atoms with Crippen molar-refractivity contribution in [1.29, 1.82) is 0 Å². The molecule has 1 amide bonds. The van der Waals surface area contributed by atoms with Crippen LogP contribution in [-0.4, -0.2) is 38.3 Å². The predicted octanol–water partition coefficient (Wildman–Crippen LogP) is -1.20. The average Bonchev–Trinajstić information content (AvgIpc) is 2.51. The number of nitrogens with zero attached hydrogens (tertiary/aromatic N) is 3. The number of rotatable bonds is 5. The van der Waals surface area contributed by atoms with Crippen LogP contribution in [0, 0.1) is 0 Å². The third-order valence-electron chi connectivity index (χ3n) is 2.55. The first-order valence-corrected chi connectivity index (χ1v) is 6.25. The molecule has 114 valence electrons. The van der Waals surface area contributed by atoms with E-state index >= 15 is 0 Å². The van der Waals surface area contributed by atoms with Gasteiger partial charge in [-0.25, -0.2) is 15.3 Å². The van der Waals surface area contributed by atoms with Crippen LogP contribution < -0.4 is 22.0 Å². The predicted molar refractivity (Wildman–Crippen MR) is 78.5 cm³/mol. The van der Waals surface area contributed by atoms with Gasteiger partial charge in [0, 0.05) is 12.4 Å². The molecular weight excluding hydrogens is 290 g/mol. The second-order valence-corrected chi connectivity index (χ2v) is 4.24. The molecule has 2 heterocycles. The number of amides is 1. The molecule has 0 aliphatic carbocycles. The van der Waals surface area contributed by atoms with Crippen molar-refractivity contribution in [3.8, 4) is 0 Å². The van der Waals surface area contributed by atoms with Gasteiger partial charge >= 0.3 is 5.69 Å². The van der Waals surface area contributed by atoms with Crippen molar-refractivity contribution in [2.45, 2.75) is 13.0 Å². The molecule has 0 aliphatic rings. The number of H-pyrrole nitrogens is 2. The lowest BCUT2D eigenvalue weighted by molar-refractivity contribution is -0.121. The first kappa shape index (κ1) is 15.1. The number of hydrogen-bond donors (Lipinski definition) is 4. The molecule has 1 atom stereocenters. The molecule has 2 aromatic rings. The van der Waals surface area contributed by atoms with E-state index in [2.05, 4.69) is 31.0 Å². The van der Waals surface area contributed by atoms with Crippen LogP contribution in [0.25, 0.3) is 0 Å². The Labute approximate surface area is 123 Å². The van der Waals surface area contributed by atoms with Gasteiger partial charge in [-0.1, -0.05) is 0 Å². The zero-order valence-electron chi connectivity index (χ0n) is 11.5. The van der Waals surface area contributed by atoms with Gasteiger partial charge in [0.25, 0.3) is 11.5 Å². The van der Waals surface area contributed by atoms with Crippen molar-refractivity contribution in [3.05, 3.63) is 50.9 Å². The number of carbonyl (C=O) groups excluding carboxylic acids is 1. The fourth-order valence-electron chi connectivity index (χ4n) is 1.43. The quantitative estimate of drug-likeness (QED) is 0.403. The summed E-state index contributed by atoms with van der Waals surface area (Å²) in [6.07, 6.45) is 4.65. The number of aromatic nitrogens is 4. The van der Waals surface area contributed by atoms with Gasteiger partial charge in [-0.2, -0.15) is 5.10 Å². The molecule has 0 aliphatic heterocycles. The number of hydrogen-bond acceptors (Lipinski definition) is 7. The van der Waals surface area contributed by atoms with Gasteiger partial charge in [0.1, 0.15) is 6.04 Å². The molecule has 0 unspecified atom stereocenters. The highest BCUT2D eigenvalue weighted by molar-refractivity contribution is 5.86. The standard InChI is InChI=1S/C12H13N7O3/c1-7(15-9-11(21)16-12(22)19-17-9)10(20)18-14-6-8-2-4-13-5-3-8/h2-7H,1H3,(H,15,17)(H,18,20)(H2,16,19,21,22)/b14-6+/t7-/m1/s1. The minimum atomic E-state index is -0.783. The molecule has 0 fully saturated rings. The lowest BCUT2D eigenvalue weighted by Crippen LogP contribution is -2.38. The minimum Gasteiger partial charge on any atom is -0.353 e. The summed E-state index contributed by atoms with van der Waals surface area (Å²) in [6.45, 7) is 1.52. The molecule has 4 N–H and O–H groups in total. The Morgan fingerprint density at radius 2 is 2.09 bits per heavy atom. The van der Waals surface area contributed by atoms with Crippen LogP contribution in [0.5, 0.6) is 0 Å². The lowest BCUT2D eigenvalue weighted by Gasteiger charge is -2.11. The van der Waals surface area contributed by atoms with E-state index in [4.69, 9.17) is 0 Å². The van der Waals surface area contributed by atoms with Crippen LogP contribution >= 0.6 is 0 Å². The van der Waals surface area contributed by atoms with Gasteiger partial charge in [-0.3, -0.25) is 19.6 Å². The Balaban J connectivity index is 1.93. The zero-order valence-corrected chi connectivity index (χ0v) is 11.5. The first-order chi connectivity index (χ1) is 10.6. The number of aromatic amines is 2. The van der Waals surface area contributed by atoms with Crippen molar-refractivity contribution in [2.24, 2.45) is 5.10 Å². The van der Waals surface area contributed by atoms with E-state index < -0.39 is 23.2 Å². The molecule has 2 rings (SSSR count). The summed E-state index contributed by atoms with van der Waals surface area (Å²) in [5.41, 5.74) is 1.64. The van der Waals surface area contributed by atoms with Gasteiger partial charge in [-0.05, 0) is 24.6 Å². The molecule has 0 spiro atoms. The summed E-state index contributed by atoms with van der Waals surface area (Å²) in [6, 6.07) is 2.66. The molecule has 10 nitrogen and oxygen atoms in total. The van der Waals surface area contributed by atoms with Crippen LogP contribution in [0.3, 0.4) is 0 Å². The Hall–Kier alpha value is -3.30. The molecule has 0 aromatic carbocycles. The van der Waals surface area contributed by atoms with E-state index in [1.54, 1.807) is 24.5 Å². The molecule has 0 bridgehead atoms. The summed E-state index contributed by atoms with van der Waals surface area (Å²) in [4.78, 5) is 39.9. The molecule has 0 saturated carbocycles. The maximum atomic E-state index is 11.8. The van der Waals surface area contributed by atoms with Crippen LogP contribution in [-0.2, 0) is 4.79 Å². The Kier molecular flexibility index (Phi) is 4.75. The van der Waals surface area contributed by atoms with E-state index in [1.165, 1.54) is 13.1 Å². The van der Waals surface area contributed by atoms with Crippen molar-refractivity contribution in [1.82, 2.24) is 25.6 Å². The SMILES string of the molecule is C[C@@H](Nc1n[nH]c(=O)[nH]c1=O)C(=O)N/N=C/c1ccncc1. The second-order valence-electron chi connectivity index (χ2n) is 4.24. The summed E-state index contributed by atoms with van der Waals surface area (Å²) in [7, 11) is 0. The highest BCUT2D eigenvalue weighted by atomic mass is 16.2. The molecule has 2 aromatic heterocycles. The maximum absolute atomic E-state index is 11.8. The van der Waals surface area contributed by atoms with Crippen LogP contribution in [0.4, 0.5) is 5.82 Å². The van der Waals surface area contributed by atoms with Gasteiger partial charge in [0.05, 0.1) is 6.21 Å². The first-order valence-electron chi connectivity index (χ1n) is 6.25. The smallest absolute Gasteiger partial charge is 0.342 e. The summed E-state index contributed by atoms with van der Waals surface area (Å²) in [5, 5.41) is 11.9. The summed E-state index contributed by atoms with van der Waals surface area (Å²) < 4.78 is 0. The summed E-state index contributed by atoms with van der Waals surface area (Å²) in [5.74, 6) is -0.641. The van der Waals surface area contributed by atoms with Crippen LogP contribution in [0.2, 0.25) is 0 Å². The van der Waals surface area contributed by atoms with E-state index in [9.17, 15) is 14.4 Å². The van der Waals surface area contributed by atoms with E-state index in [1.807, 2.05) is 4.98 Å². The molecule has 0 radical (unpaired) electrons. The molecule has 0 saturated heterocycles. The average molecular weight is 303 g/mol. The number of carbonyl (C=O) groups is 1. The maximum Gasteiger partial charge on any atom is 0.342 e.